The van der Waals surface area contributed by atoms with Gasteiger partial charge in [0.1, 0.15) is 5.75 Å². The van der Waals surface area contributed by atoms with E-state index in [1.807, 2.05) is 30.3 Å². The number of nitro groups is 1. The molecular formula is C23H18N4O5. The van der Waals surface area contributed by atoms with Gasteiger partial charge in [0.15, 0.2) is 6.61 Å². The Balaban J connectivity index is 1.43. The van der Waals surface area contributed by atoms with E-state index in [-0.39, 0.29) is 29.9 Å². The summed E-state index contributed by atoms with van der Waals surface area (Å²) < 4.78 is 11.0. The number of benzene rings is 3. The lowest BCUT2D eigenvalue weighted by Gasteiger charge is -2.10. The molecule has 1 aromatic heterocycles. The van der Waals surface area contributed by atoms with E-state index in [1.165, 1.54) is 24.3 Å². The molecule has 0 radical (unpaired) electrons. The van der Waals surface area contributed by atoms with Crippen LogP contribution >= 0.6 is 0 Å². The highest BCUT2D eigenvalue weighted by molar-refractivity contribution is 5.78. The van der Waals surface area contributed by atoms with Gasteiger partial charge in [-0.3, -0.25) is 14.9 Å². The lowest BCUT2D eigenvalue weighted by atomic mass is 10.2. The topological polar surface area (TPSA) is 120 Å². The van der Waals surface area contributed by atoms with Gasteiger partial charge in [-0.05, 0) is 29.8 Å². The summed E-state index contributed by atoms with van der Waals surface area (Å²) in [7, 11) is 0. The second kappa shape index (κ2) is 9.52. The summed E-state index contributed by atoms with van der Waals surface area (Å²) >= 11 is 0. The molecule has 0 aliphatic rings. The standard InChI is InChI=1S/C23H18N4O5/c28-21(24-14-16-6-2-1-3-7-16)15-31-20-9-5-4-8-19(20)22-25-23(32-26-22)17-10-12-18(13-11-17)27(29)30/h1-13H,14-15H2,(H,24,28). The fourth-order valence-corrected chi connectivity index (χ4v) is 2.94. The summed E-state index contributed by atoms with van der Waals surface area (Å²) in [6.45, 7) is 0.241. The molecule has 4 rings (SSSR count). The minimum absolute atomic E-state index is 0.0298. The minimum atomic E-state index is -0.480. The molecule has 0 aliphatic carbocycles. The largest absolute Gasteiger partial charge is 0.483 e. The number of carbonyl (C=O) groups is 1. The highest BCUT2D eigenvalue weighted by Crippen LogP contribution is 2.30. The zero-order valence-corrected chi connectivity index (χ0v) is 16.8. The Morgan fingerprint density at radius 2 is 1.72 bits per heavy atom. The number of nitrogens with zero attached hydrogens (tertiary/aromatic N) is 3. The van der Waals surface area contributed by atoms with Crippen molar-refractivity contribution >= 4 is 11.6 Å². The van der Waals surface area contributed by atoms with Crippen LogP contribution < -0.4 is 10.1 Å². The first-order chi connectivity index (χ1) is 15.6. The van der Waals surface area contributed by atoms with Crippen LogP contribution in [0.2, 0.25) is 0 Å². The van der Waals surface area contributed by atoms with Crippen molar-refractivity contribution in [1.82, 2.24) is 15.5 Å². The highest BCUT2D eigenvalue weighted by atomic mass is 16.6. The number of carbonyl (C=O) groups excluding carboxylic acids is 1. The molecule has 9 heteroatoms. The molecule has 1 amide bonds. The molecule has 1 heterocycles. The number of nitro benzene ring substituents is 1. The van der Waals surface area contributed by atoms with E-state index in [2.05, 4.69) is 15.5 Å². The maximum Gasteiger partial charge on any atom is 0.269 e. The molecule has 160 valence electrons. The predicted octanol–water partition coefficient (Wildman–Crippen LogP) is 4.01. The van der Waals surface area contributed by atoms with Crippen LogP contribution in [0.25, 0.3) is 22.8 Å². The van der Waals surface area contributed by atoms with E-state index in [1.54, 1.807) is 24.3 Å². The first-order valence-corrected chi connectivity index (χ1v) is 9.71. The predicted molar refractivity (Wildman–Crippen MR) is 116 cm³/mol. The van der Waals surface area contributed by atoms with Gasteiger partial charge in [-0.25, -0.2) is 0 Å². The van der Waals surface area contributed by atoms with Gasteiger partial charge < -0.3 is 14.6 Å². The smallest absolute Gasteiger partial charge is 0.269 e. The third-order valence-electron chi connectivity index (χ3n) is 4.57. The van der Waals surface area contributed by atoms with Crippen molar-refractivity contribution in [2.24, 2.45) is 0 Å². The number of amides is 1. The second-order valence-corrected chi connectivity index (χ2v) is 6.77. The van der Waals surface area contributed by atoms with E-state index in [4.69, 9.17) is 9.26 Å². The Morgan fingerprint density at radius 1 is 1.00 bits per heavy atom. The maximum atomic E-state index is 12.2. The third-order valence-corrected chi connectivity index (χ3v) is 4.57. The molecule has 4 aromatic rings. The summed E-state index contributed by atoms with van der Waals surface area (Å²) in [5.41, 5.74) is 2.07. The minimum Gasteiger partial charge on any atom is -0.483 e. The zero-order valence-electron chi connectivity index (χ0n) is 16.8. The zero-order chi connectivity index (χ0) is 22.3. The lowest BCUT2D eigenvalue weighted by Crippen LogP contribution is -2.28. The lowest BCUT2D eigenvalue weighted by molar-refractivity contribution is -0.384. The van der Waals surface area contributed by atoms with Crippen molar-refractivity contribution < 1.29 is 19.0 Å². The van der Waals surface area contributed by atoms with Crippen molar-refractivity contribution in [3.63, 3.8) is 0 Å². The number of ether oxygens (including phenoxy) is 1. The van der Waals surface area contributed by atoms with Gasteiger partial charge in [0, 0.05) is 24.2 Å². The molecule has 0 aliphatic heterocycles. The monoisotopic (exact) mass is 430 g/mol. The van der Waals surface area contributed by atoms with Crippen LogP contribution in [0.15, 0.2) is 83.4 Å². The number of nitrogens with one attached hydrogen (secondary N) is 1. The van der Waals surface area contributed by atoms with Crippen molar-refractivity contribution in [3.8, 4) is 28.6 Å². The molecule has 9 nitrogen and oxygen atoms in total. The Morgan fingerprint density at radius 3 is 2.47 bits per heavy atom. The molecule has 0 bridgehead atoms. The van der Waals surface area contributed by atoms with Crippen LogP contribution in [0.3, 0.4) is 0 Å². The molecule has 3 aromatic carbocycles. The number of para-hydroxylation sites is 1. The summed E-state index contributed by atoms with van der Waals surface area (Å²) in [4.78, 5) is 26.9. The van der Waals surface area contributed by atoms with Crippen molar-refractivity contribution in [2.75, 3.05) is 6.61 Å². The van der Waals surface area contributed by atoms with E-state index in [0.717, 1.165) is 5.56 Å². The van der Waals surface area contributed by atoms with Crippen LogP contribution in [-0.2, 0) is 11.3 Å². The van der Waals surface area contributed by atoms with Crippen LogP contribution in [0.1, 0.15) is 5.56 Å². The second-order valence-electron chi connectivity index (χ2n) is 6.77. The maximum absolute atomic E-state index is 12.2. The molecule has 0 atom stereocenters. The molecule has 0 saturated carbocycles. The molecule has 0 fully saturated rings. The molecule has 32 heavy (non-hydrogen) atoms. The Hall–Kier alpha value is -4.53. The van der Waals surface area contributed by atoms with E-state index in [0.29, 0.717) is 23.4 Å². The van der Waals surface area contributed by atoms with Gasteiger partial charge >= 0.3 is 0 Å². The van der Waals surface area contributed by atoms with Gasteiger partial charge in [0.2, 0.25) is 5.82 Å². The average Bonchev–Trinajstić information content (AvgIpc) is 3.32. The molecular weight excluding hydrogens is 412 g/mol. The van der Waals surface area contributed by atoms with Crippen molar-refractivity contribution in [3.05, 3.63) is 94.5 Å². The normalized spacial score (nSPS) is 10.5. The first-order valence-electron chi connectivity index (χ1n) is 9.71. The molecule has 0 unspecified atom stereocenters. The Bertz CT molecular complexity index is 1220. The summed E-state index contributed by atoms with van der Waals surface area (Å²) in [5.74, 6) is 0.658. The van der Waals surface area contributed by atoms with Crippen molar-refractivity contribution in [1.29, 1.82) is 0 Å². The van der Waals surface area contributed by atoms with Gasteiger partial charge in [0.25, 0.3) is 17.5 Å². The number of hydrogen-bond acceptors (Lipinski definition) is 7. The van der Waals surface area contributed by atoms with Crippen LogP contribution in [-0.4, -0.2) is 27.6 Å². The summed E-state index contributed by atoms with van der Waals surface area (Å²) in [6.07, 6.45) is 0. The van der Waals surface area contributed by atoms with E-state index >= 15 is 0 Å². The van der Waals surface area contributed by atoms with E-state index in [9.17, 15) is 14.9 Å². The highest BCUT2D eigenvalue weighted by Gasteiger charge is 2.16. The van der Waals surface area contributed by atoms with Gasteiger partial charge in [-0.2, -0.15) is 4.98 Å². The van der Waals surface area contributed by atoms with Crippen LogP contribution in [0, 0.1) is 10.1 Å². The Labute approximate surface area is 182 Å². The number of rotatable bonds is 8. The Kier molecular flexibility index (Phi) is 6.17. The first kappa shape index (κ1) is 20.7. The number of aromatic nitrogens is 2. The SMILES string of the molecule is O=C(COc1ccccc1-c1noc(-c2ccc([N+](=O)[O-])cc2)n1)NCc1ccccc1. The van der Waals surface area contributed by atoms with Gasteiger partial charge in [0.05, 0.1) is 10.5 Å². The van der Waals surface area contributed by atoms with Crippen LogP contribution in [0.4, 0.5) is 5.69 Å². The quantitative estimate of drug-likeness (QED) is 0.331. The average molecular weight is 430 g/mol. The molecule has 1 N–H and O–H groups in total. The molecule has 0 saturated heterocycles. The summed E-state index contributed by atoms with van der Waals surface area (Å²) in [5, 5.41) is 17.6. The fraction of sp³-hybridized carbons (Fsp3) is 0.0870. The third kappa shape index (κ3) is 4.96. The van der Waals surface area contributed by atoms with E-state index < -0.39 is 4.92 Å². The molecule has 0 spiro atoms. The van der Waals surface area contributed by atoms with Gasteiger partial charge in [-0.1, -0.05) is 47.6 Å². The number of hydrogen-bond donors (Lipinski definition) is 1. The van der Waals surface area contributed by atoms with Crippen LogP contribution in [0.5, 0.6) is 5.75 Å². The van der Waals surface area contributed by atoms with Gasteiger partial charge in [-0.15, -0.1) is 0 Å². The van der Waals surface area contributed by atoms with Crippen molar-refractivity contribution in [2.45, 2.75) is 6.54 Å². The number of non-ortho nitro benzene ring substituents is 1. The summed E-state index contributed by atoms with van der Waals surface area (Å²) in [6, 6.07) is 22.4. The fourth-order valence-electron chi connectivity index (χ4n) is 2.94.